The minimum atomic E-state index is -4.62. The fourth-order valence-electron chi connectivity index (χ4n) is 2.48. The summed E-state index contributed by atoms with van der Waals surface area (Å²) in [6.07, 6.45) is -0.601. The van der Waals surface area contributed by atoms with Crippen LogP contribution in [0.5, 0.6) is 0 Å². The molecule has 0 N–H and O–H groups in total. The number of alkyl halides is 3. The Morgan fingerprint density at radius 3 is 2.67 bits per heavy atom. The van der Waals surface area contributed by atoms with Gasteiger partial charge in [-0.05, 0) is 18.2 Å². The molecule has 4 nitrogen and oxygen atoms in total. The smallest absolute Gasteiger partial charge is 0.322 e. The van der Waals surface area contributed by atoms with E-state index in [2.05, 4.69) is 0 Å². The number of pyridine rings is 2. The van der Waals surface area contributed by atoms with Gasteiger partial charge in [0.1, 0.15) is 11.1 Å². The van der Waals surface area contributed by atoms with Gasteiger partial charge in [0.25, 0.3) is 5.56 Å². The lowest BCUT2D eigenvalue weighted by atomic mass is 10.1. The van der Waals surface area contributed by atoms with E-state index in [1.807, 2.05) is 6.07 Å². The van der Waals surface area contributed by atoms with Crippen molar-refractivity contribution < 1.29 is 13.2 Å². The van der Waals surface area contributed by atoms with Crippen LogP contribution in [0.2, 0.25) is 5.02 Å². The van der Waals surface area contributed by atoms with Crippen molar-refractivity contribution in [1.82, 2.24) is 8.97 Å². The molecule has 3 aromatic heterocycles. The van der Waals surface area contributed by atoms with Crippen molar-refractivity contribution >= 4 is 17.1 Å². The number of nitrogens with zero attached hydrogens (tertiary/aromatic N) is 3. The molecule has 0 unspecified atom stereocenters. The number of hydrogen-bond acceptors (Lipinski definition) is 2. The maximum atomic E-state index is 12.9. The van der Waals surface area contributed by atoms with Crippen molar-refractivity contribution in [3.8, 4) is 6.07 Å². The number of nitriles is 1. The van der Waals surface area contributed by atoms with Crippen molar-refractivity contribution in [2.45, 2.75) is 12.7 Å². The molecule has 0 aromatic carbocycles. The molecule has 3 rings (SSSR count). The van der Waals surface area contributed by atoms with E-state index in [1.165, 1.54) is 0 Å². The zero-order valence-electron chi connectivity index (χ0n) is 12.0. The van der Waals surface area contributed by atoms with Gasteiger partial charge in [-0.1, -0.05) is 17.7 Å². The van der Waals surface area contributed by atoms with Gasteiger partial charge in [-0.3, -0.25) is 4.79 Å². The van der Waals surface area contributed by atoms with Crippen LogP contribution in [0.1, 0.15) is 16.7 Å². The first-order chi connectivity index (χ1) is 11.3. The second-order valence-electron chi connectivity index (χ2n) is 5.14. The van der Waals surface area contributed by atoms with Crippen LogP contribution in [-0.4, -0.2) is 8.97 Å². The summed E-state index contributed by atoms with van der Waals surface area (Å²) < 4.78 is 41.2. The quantitative estimate of drug-likeness (QED) is 0.707. The summed E-state index contributed by atoms with van der Waals surface area (Å²) in [4.78, 5) is 12.0. The van der Waals surface area contributed by atoms with Crippen LogP contribution in [0, 0.1) is 11.3 Å². The summed E-state index contributed by atoms with van der Waals surface area (Å²) >= 11 is 5.64. The minimum Gasteiger partial charge on any atom is -0.322 e. The van der Waals surface area contributed by atoms with Gasteiger partial charge in [0.15, 0.2) is 0 Å². The summed E-state index contributed by atoms with van der Waals surface area (Å²) in [7, 11) is 0. The van der Waals surface area contributed by atoms with Crippen LogP contribution >= 0.6 is 11.6 Å². The SMILES string of the molecule is N#Cc1c(Cn2cc(C(F)(F)F)cc(Cl)c2=O)cn2ccccc12. The summed E-state index contributed by atoms with van der Waals surface area (Å²) in [5.74, 6) is 0. The first-order valence-corrected chi connectivity index (χ1v) is 7.15. The molecule has 0 saturated heterocycles. The van der Waals surface area contributed by atoms with E-state index in [1.54, 1.807) is 35.0 Å². The number of rotatable bonds is 2. The molecule has 0 radical (unpaired) electrons. The number of aromatic nitrogens is 2. The molecule has 3 aromatic rings. The second-order valence-corrected chi connectivity index (χ2v) is 5.55. The highest BCUT2D eigenvalue weighted by molar-refractivity contribution is 6.30. The highest BCUT2D eigenvalue weighted by Gasteiger charge is 2.32. The van der Waals surface area contributed by atoms with E-state index >= 15 is 0 Å². The molecule has 0 spiro atoms. The van der Waals surface area contributed by atoms with Gasteiger partial charge in [0.2, 0.25) is 0 Å². The topological polar surface area (TPSA) is 50.2 Å². The predicted octanol–water partition coefficient (Wildman–Crippen LogP) is 3.69. The molecule has 8 heteroatoms. The lowest BCUT2D eigenvalue weighted by molar-refractivity contribution is -0.138. The molecule has 0 aliphatic rings. The summed E-state index contributed by atoms with van der Waals surface area (Å²) in [6, 6.07) is 7.84. The highest BCUT2D eigenvalue weighted by atomic mass is 35.5. The van der Waals surface area contributed by atoms with Gasteiger partial charge in [0, 0.05) is 24.2 Å². The van der Waals surface area contributed by atoms with Crippen LogP contribution in [0.4, 0.5) is 13.2 Å². The maximum absolute atomic E-state index is 12.9. The van der Waals surface area contributed by atoms with Crippen molar-refractivity contribution in [3.63, 3.8) is 0 Å². The lowest BCUT2D eigenvalue weighted by Gasteiger charge is -2.11. The first-order valence-electron chi connectivity index (χ1n) is 6.77. The fraction of sp³-hybridized carbons (Fsp3) is 0.125. The van der Waals surface area contributed by atoms with Gasteiger partial charge in [-0.2, -0.15) is 18.4 Å². The Balaban J connectivity index is 2.14. The molecule has 0 fully saturated rings. The van der Waals surface area contributed by atoms with Crippen molar-refractivity contribution in [2.75, 3.05) is 0 Å². The van der Waals surface area contributed by atoms with Crippen molar-refractivity contribution in [1.29, 1.82) is 5.26 Å². The molecular weight excluding hydrogens is 343 g/mol. The standard InChI is InChI=1S/C16H9ClF3N3O/c17-13-5-11(16(18,19)20)9-23(15(13)24)8-10-7-22-4-2-1-3-14(22)12(10)6-21/h1-5,7,9H,8H2. The lowest BCUT2D eigenvalue weighted by Crippen LogP contribution is -2.23. The Morgan fingerprint density at radius 2 is 2.00 bits per heavy atom. The Bertz CT molecular complexity index is 1030. The van der Waals surface area contributed by atoms with Crippen LogP contribution in [0.25, 0.3) is 5.52 Å². The molecular formula is C16H9ClF3N3O. The van der Waals surface area contributed by atoms with Gasteiger partial charge in [0.05, 0.1) is 23.2 Å². The molecule has 122 valence electrons. The third kappa shape index (κ3) is 2.76. The Kier molecular flexibility index (Phi) is 3.85. The first kappa shape index (κ1) is 16.1. The van der Waals surface area contributed by atoms with E-state index in [9.17, 15) is 23.2 Å². The van der Waals surface area contributed by atoms with Crippen LogP contribution in [-0.2, 0) is 12.7 Å². The average molecular weight is 352 g/mol. The van der Waals surface area contributed by atoms with Gasteiger partial charge >= 0.3 is 6.18 Å². The number of hydrogen-bond donors (Lipinski definition) is 0. The molecule has 0 bridgehead atoms. The summed E-state index contributed by atoms with van der Waals surface area (Å²) in [6.45, 7) is -0.187. The highest BCUT2D eigenvalue weighted by Crippen LogP contribution is 2.30. The average Bonchev–Trinajstić information content (AvgIpc) is 2.87. The summed E-state index contributed by atoms with van der Waals surface area (Å²) in [5.41, 5.74) is -0.420. The van der Waals surface area contributed by atoms with E-state index in [4.69, 9.17) is 11.6 Å². The third-order valence-corrected chi connectivity index (χ3v) is 3.86. The molecule has 0 aliphatic carbocycles. The molecule has 0 saturated carbocycles. The molecule has 0 atom stereocenters. The zero-order valence-corrected chi connectivity index (χ0v) is 12.8. The normalized spacial score (nSPS) is 11.6. The third-order valence-electron chi connectivity index (χ3n) is 3.58. The van der Waals surface area contributed by atoms with E-state index in [-0.39, 0.29) is 6.54 Å². The van der Waals surface area contributed by atoms with E-state index in [0.29, 0.717) is 28.9 Å². The molecule has 3 heterocycles. The van der Waals surface area contributed by atoms with Crippen LogP contribution < -0.4 is 5.56 Å². The molecule has 0 aliphatic heterocycles. The monoisotopic (exact) mass is 351 g/mol. The minimum absolute atomic E-state index is 0.187. The number of fused-ring (bicyclic) bond motifs is 1. The van der Waals surface area contributed by atoms with Crippen molar-refractivity contribution in [2.24, 2.45) is 0 Å². The van der Waals surface area contributed by atoms with Gasteiger partial charge in [-0.15, -0.1) is 0 Å². The largest absolute Gasteiger partial charge is 0.417 e. The maximum Gasteiger partial charge on any atom is 0.417 e. The molecule has 24 heavy (non-hydrogen) atoms. The van der Waals surface area contributed by atoms with Crippen LogP contribution in [0.15, 0.2) is 47.7 Å². The zero-order chi connectivity index (χ0) is 17.5. The summed E-state index contributed by atoms with van der Waals surface area (Å²) in [5, 5.41) is 8.81. The fourth-order valence-corrected chi connectivity index (χ4v) is 2.71. The second kappa shape index (κ2) is 5.73. The Labute approximate surface area is 138 Å². The van der Waals surface area contributed by atoms with Crippen molar-refractivity contribution in [3.05, 3.63) is 74.9 Å². The Morgan fingerprint density at radius 1 is 1.25 bits per heavy atom. The van der Waals surface area contributed by atoms with E-state index in [0.717, 1.165) is 4.57 Å². The molecule has 0 amide bonds. The van der Waals surface area contributed by atoms with E-state index < -0.39 is 22.3 Å². The van der Waals surface area contributed by atoms with Gasteiger partial charge < -0.3 is 8.97 Å². The van der Waals surface area contributed by atoms with Gasteiger partial charge in [-0.25, -0.2) is 0 Å². The number of halogens is 4. The predicted molar refractivity (Wildman–Crippen MR) is 81.9 cm³/mol. The van der Waals surface area contributed by atoms with Crippen LogP contribution in [0.3, 0.4) is 0 Å². The Hall–Kier alpha value is -2.72.